The van der Waals surface area contributed by atoms with Gasteiger partial charge >= 0.3 is 0 Å². The monoisotopic (exact) mass is 224 g/mol. The number of hydrogen-bond acceptors (Lipinski definition) is 3. The van der Waals surface area contributed by atoms with Crippen LogP contribution in [0, 0.1) is 5.92 Å². The lowest BCUT2D eigenvalue weighted by molar-refractivity contribution is 0.0756. The maximum atomic E-state index is 11.9. The SMILES string of the molecule is CC(C)CCN(C)C(=O)c1ccc(CN)o1. The smallest absolute Gasteiger partial charge is 0.289 e. The van der Waals surface area contributed by atoms with Gasteiger partial charge in [0.05, 0.1) is 6.54 Å². The number of nitrogens with zero attached hydrogens (tertiary/aromatic N) is 1. The summed E-state index contributed by atoms with van der Waals surface area (Å²) in [6, 6.07) is 3.42. The van der Waals surface area contributed by atoms with Crippen molar-refractivity contribution < 1.29 is 9.21 Å². The highest BCUT2D eigenvalue weighted by Gasteiger charge is 2.15. The second-order valence-corrected chi connectivity index (χ2v) is 4.38. The van der Waals surface area contributed by atoms with E-state index in [1.54, 1.807) is 24.1 Å². The van der Waals surface area contributed by atoms with Crippen molar-refractivity contribution in [2.45, 2.75) is 26.8 Å². The van der Waals surface area contributed by atoms with E-state index in [0.717, 1.165) is 13.0 Å². The van der Waals surface area contributed by atoms with Crippen molar-refractivity contribution in [3.8, 4) is 0 Å². The molecule has 16 heavy (non-hydrogen) atoms. The first-order chi connectivity index (χ1) is 7.54. The Morgan fingerprint density at radius 1 is 1.50 bits per heavy atom. The van der Waals surface area contributed by atoms with Gasteiger partial charge in [0.25, 0.3) is 5.91 Å². The zero-order valence-corrected chi connectivity index (χ0v) is 10.2. The van der Waals surface area contributed by atoms with Crippen LogP contribution in [0.4, 0.5) is 0 Å². The Morgan fingerprint density at radius 3 is 2.69 bits per heavy atom. The third-order valence-electron chi connectivity index (χ3n) is 2.46. The molecule has 1 rings (SSSR count). The van der Waals surface area contributed by atoms with E-state index in [2.05, 4.69) is 13.8 Å². The standard InChI is InChI=1S/C12H20N2O2/c1-9(2)6-7-14(3)12(15)11-5-4-10(8-13)16-11/h4-5,9H,6-8,13H2,1-3H3. The topological polar surface area (TPSA) is 59.5 Å². The van der Waals surface area contributed by atoms with E-state index in [4.69, 9.17) is 10.2 Å². The van der Waals surface area contributed by atoms with E-state index >= 15 is 0 Å². The molecule has 2 N–H and O–H groups in total. The highest BCUT2D eigenvalue weighted by molar-refractivity contribution is 5.91. The molecule has 0 aliphatic heterocycles. The van der Waals surface area contributed by atoms with Crippen LogP contribution < -0.4 is 5.73 Å². The first-order valence-electron chi connectivity index (χ1n) is 5.58. The van der Waals surface area contributed by atoms with Crippen molar-refractivity contribution in [2.24, 2.45) is 11.7 Å². The maximum absolute atomic E-state index is 11.9. The minimum Gasteiger partial charge on any atom is -0.455 e. The molecule has 0 bridgehead atoms. The van der Waals surface area contributed by atoms with Crippen molar-refractivity contribution in [2.75, 3.05) is 13.6 Å². The molecule has 0 radical (unpaired) electrons. The fourth-order valence-corrected chi connectivity index (χ4v) is 1.34. The first-order valence-corrected chi connectivity index (χ1v) is 5.58. The van der Waals surface area contributed by atoms with Crippen LogP contribution in [-0.2, 0) is 6.54 Å². The van der Waals surface area contributed by atoms with Crippen LogP contribution in [0.1, 0.15) is 36.6 Å². The zero-order valence-electron chi connectivity index (χ0n) is 10.2. The predicted octanol–water partition coefficient (Wildman–Crippen LogP) is 1.86. The Balaban J connectivity index is 2.56. The summed E-state index contributed by atoms with van der Waals surface area (Å²) in [7, 11) is 1.79. The number of carbonyl (C=O) groups is 1. The normalized spacial score (nSPS) is 10.8. The molecule has 0 aliphatic carbocycles. The average molecular weight is 224 g/mol. The van der Waals surface area contributed by atoms with Crippen LogP contribution in [0.3, 0.4) is 0 Å². The second kappa shape index (κ2) is 5.70. The van der Waals surface area contributed by atoms with Gasteiger partial charge in [0, 0.05) is 13.6 Å². The van der Waals surface area contributed by atoms with Crippen molar-refractivity contribution in [1.82, 2.24) is 4.90 Å². The van der Waals surface area contributed by atoms with E-state index in [9.17, 15) is 4.79 Å². The summed E-state index contributed by atoms with van der Waals surface area (Å²) < 4.78 is 5.31. The Morgan fingerprint density at radius 2 is 2.19 bits per heavy atom. The van der Waals surface area contributed by atoms with E-state index in [-0.39, 0.29) is 5.91 Å². The van der Waals surface area contributed by atoms with Crippen molar-refractivity contribution in [1.29, 1.82) is 0 Å². The molecule has 4 nitrogen and oxygen atoms in total. The van der Waals surface area contributed by atoms with Crippen LogP contribution >= 0.6 is 0 Å². The number of furan rings is 1. The van der Waals surface area contributed by atoms with Gasteiger partial charge in [-0.25, -0.2) is 0 Å². The lowest BCUT2D eigenvalue weighted by Gasteiger charge is -2.16. The number of rotatable bonds is 5. The van der Waals surface area contributed by atoms with Crippen LogP contribution in [-0.4, -0.2) is 24.4 Å². The average Bonchev–Trinajstić information content (AvgIpc) is 2.73. The molecule has 4 heteroatoms. The quantitative estimate of drug-likeness (QED) is 0.830. The lowest BCUT2D eigenvalue weighted by atomic mass is 10.1. The Bertz CT molecular complexity index is 345. The molecule has 0 atom stereocenters. The highest BCUT2D eigenvalue weighted by atomic mass is 16.4. The van der Waals surface area contributed by atoms with E-state index < -0.39 is 0 Å². The maximum Gasteiger partial charge on any atom is 0.289 e. The number of nitrogens with two attached hydrogens (primary N) is 1. The van der Waals surface area contributed by atoms with Crippen LogP contribution in [0.2, 0.25) is 0 Å². The minimum atomic E-state index is -0.0830. The molecule has 0 fully saturated rings. The molecular weight excluding hydrogens is 204 g/mol. The van der Waals surface area contributed by atoms with Crippen molar-refractivity contribution >= 4 is 5.91 Å². The van der Waals surface area contributed by atoms with E-state index in [0.29, 0.717) is 24.0 Å². The molecule has 1 amide bonds. The molecule has 0 saturated carbocycles. The molecule has 1 aromatic heterocycles. The molecule has 1 heterocycles. The molecule has 0 aliphatic rings. The summed E-state index contributed by atoms with van der Waals surface area (Å²) in [6.07, 6.45) is 0.993. The van der Waals surface area contributed by atoms with Gasteiger partial charge in [-0.15, -0.1) is 0 Å². The van der Waals surface area contributed by atoms with Crippen molar-refractivity contribution in [3.63, 3.8) is 0 Å². The van der Waals surface area contributed by atoms with Crippen molar-refractivity contribution in [3.05, 3.63) is 23.7 Å². The van der Waals surface area contributed by atoms with E-state index in [1.807, 2.05) is 0 Å². The van der Waals surface area contributed by atoms with E-state index in [1.165, 1.54) is 0 Å². The number of carbonyl (C=O) groups excluding carboxylic acids is 1. The van der Waals surface area contributed by atoms with Gasteiger partial charge in [0.15, 0.2) is 5.76 Å². The van der Waals surface area contributed by atoms with Gasteiger partial charge in [-0.2, -0.15) is 0 Å². The molecular formula is C12H20N2O2. The molecule has 90 valence electrons. The first kappa shape index (κ1) is 12.8. The zero-order chi connectivity index (χ0) is 12.1. The Labute approximate surface area is 96.4 Å². The fourth-order valence-electron chi connectivity index (χ4n) is 1.34. The van der Waals surface area contributed by atoms with Gasteiger partial charge in [-0.3, -0.25) is 4.79 Å². The predicted molar refractivity (Wildman–Crippen MR) is 63.0 cm³/mol. The van der Waals surface area contributed by atoms with Gasteiger partial charge in [-0.1, -0.05) is 13.8 Å². The van der Waals surface area contributed by atoms with Crippen LogP contribution in [0.15, 0.2) is 16.5 Å². The Hall–Kier alpha value is -1.29. The van der Waals surface area contributed by atoms with Gasteiger partial charge in [0.1, 0.15) is 5.76 Å². The number of hydrogen-bond donors (Lipinski definition) is 1. The summed E-state index contributed by atoms with van der Waals surface area (Å²) in [4.78, 5) is 13.6. The lowest BCUT2D eigenvalue weighted by Crippen LogP contribution is -2.28. The number of amides is 1. The molecule has 0 unspecified atom stereocenters. The van der Waals surface area contributed by atoms with Gasteiger partial charge in [-0.05, 0) is 24.5 Å². The third kappa shape index (κ3) is 3.38. The summed E-state index contributed by atoms with van der Waals surface area (Å²) in [5.41, 5.74) is 5.42. The highest BCUT2D eigenvalue weighted by Crippen LogP contribution is 2.10. The largest absolute Gasteiger partial charge is 0.455 e. The van der Waals surface area contributed by atoms with Gasteiger partial charge in [0.2, 0.25) is 0 Å². The third-order valence-corrected chi connectivity index (χ3v) is 2.46. The summed E-state index contributed by atoms with van der Waals surface area (Å²) in [6.45, 7) is 5.34. The minimum absolute atomic E-state index is 0.0830. The summed E-state index contributed by atoms with van der Waals surface area (Å²) in [5.74, 6) is 1.51. The van der Waals surface area contributed by atoms with Crippen LogP contribution in [0.5, 0.6) is 0 Å². The summed E-state index contributed by atoms with van der Waals surface area (Å²) in [5, 5.41) is 0. The summed E-state index contributed by atoms with van der Waals surface area (Å²) >= 11 is 0. The molecule has 0 aromatic carbocycles. The second-order valence-electron chi connectivity index (χ2n) is 4.38. The van der Waals surface area contributed by atoms with Gasteiger partial charge < -0.3 is 15.1 Å². The molecule has 1 aromatic rings. The van der Waals surface area contributed by atoms with Crippen LogP contribution in [0.25, 0.3) is 0 Å². The Kier molecular flexibility index (Phi) is 4.55. The molecule has 0 spiro atoms. The fraction of sp³-hybridized carbons (Fsp3) is 0.583. The molecule has 0 saturated heterocycles.